The number of unbranched alkanes of at least 4 members (excludes halogenated alkanes) is 9. The second kappa shape index (κ2) is 15.0. The Bertz CT molecular complexity index is 148. The Labute approximate surface area is 114 Å². The smallest absolute Gasteiger partial charge is 0.0540 e. The molecule has 0 saturated heterocycles. The number of hydrogen-bond donors (Lipinski definition) is 2. The molecule has 1 atom stereocenters. The van der Waals surface area contributed by atoms with E-state index in [0.29, 0.717) is 6.61 Å². The molecule has 0 bridgehead atoms. The molecule has 0 rings (SSSR count). The fraction of sp³-hybridized carbons (Fsp3) is 1.00. The highest BCUT2D eigenvalue weighted by Gasteiger charge is 2.02. The van der Waals surface area contributed by atoms with Crippen LogP contribution in [0, 0.1) is 0 Å². The topological polar surface area (TPSA) is 40.5 Å². The first-order valence-corrected chi connectivity index (χ1v) is 8.10. The van der Waals surface area contributed by atoms with Crippen LogP contribution in [0.4, 0.5) is 0 Å². The fourth-order valence-corrected chi connectivity index (χ4v) is 2.31. The van der Waals surface area contributed by atoms with Gasteiger partial charge in [0.15, 0.2) is 0 Å². The summed E-state index contributed by atoms with van der Waals surface area (Å²) in [6, 6.07) is 0. The van der Waals surface area contributed by atoms with Gasteiger partial charge in [-0.25, -0.2) is 0 Å². The summed E-state index contributed by atoms with van der Waals surface area (Å²) in [5, 5.41) is 18.3. The maximum atomic E-state index is 9.68. The van der Waals surface area contributed by atoms with E-state index in [-0.39, 0.29) is 6.10 Å². The van der Waals surface area contributed by atoms with E-state index in [9.17, 15) is 5.11 Å². The van der Waals surface area contributed by atoms with Crippen LogP contribution >= 0.6 is 0 Å². The third-order valence-corrected chi connectivity index (χ3v) is 3.59. The molecule has 0 aromatic heterocycles. The number of aliphatic hydroxyl groups is 2. The van der Waals surface area contributed by atoms with E-state index < -0.39 is 0 Å². The van der Waals surface area contributed by atoms with Crippen LogP contribution in [0.2, 0.25) is 0 Å². The molecule has 0 saturated carbocycles. The van der Waals surface area contributed by atoms with Crippen LogP contribution in [0.3, 0.4) is 0 Å². The summed E-state index contributed by atoms with van der Waals surface area (Å²) >= 11 is 0. The van der Waals surface area contributed by atoms with Gasteiger partial charge < -0.3 is 10.2 Å². The van der Waals surface area contributed by atoms with Gasteiger partial charge in [-0.2, -0.15) is 0 Å². The molecular weight excluding hydrogens is 224 g/mol. The second-order valence-corrected chi connectivity index (χ2v) is 5.49. The molecule has 2 nitrogen and oxygen atoms in total. The van der Waals surface area contributed by atoms with Gasteiger partial charge in [0, 0.05) is 6.61 Å². The minimum atomic E-state index is -0.0524. The van der Waals surface area contributed by atoms with Crippen molar-refractivity contribution in [3.05, 3.63) is 0 Å². The van der Waals surface area contributed by atoms with Gasteiger partial charge in [0.05, 0.1) is 6.10 Å². The average molecular weight is 258 g/mol. The first kappa shape index (κ1) is 17.9. The van der Waals surface area contributed by atoms with Gasteiger partial charge in [0.25, 0.3) is 0 Å². The first-order valence-electron chi connectivity index (χ1n) is 8.10. The summed E-state index contributed by atoms with van der Waals surface area (Å²) in [5.74, 6) is 0. The summed E-state index contributed by atoms with van der Waals surface area (Å²) in [7, 11) is 0. The van der Waals surface area contributed by atoms with Crippen LogP contribution in [0.15, 0.2) is 0 Å². The molecule has 0 amide bonds. The lowest BCUT2D eigenvalue weighted by atomic mass is 10.0. The molecule has 18 heavy (non-hydrogen) atoms. The van der Waals surface area contributed by atoms with Crippen molar-refractivity contribution in [1.82, 2.24) is 0 Å². The summed E-state index contributed by atoms with van der Waals surface area (Å²) < 4.78 is 0. The molecule has 2 N–H and O–H groups in total. The van der Waals surface area contributed by atoms with Gasteiger partial charge in [0.1, 0.15) is 0 Å². The largest absolute Gasteiger partial charge is 0.396 e. The zero-order valence-electron chi connectivity index (χ0n) is 12.4. The van der Waals surface area contributed by atoms with Crippen molar-refractivity contribution >= 4 is 0 Å². The van der Waals surface area contributed by atoms with Crippen molar-refractivity contribution in [2.24, 2.45) is 0 Å². The zero-order chi connectivity index (χ0) is 13.5. The molecular formula is C16H34O2. The molecule has 0 fully saturated rings. The fourth-order valence-electron chi connectivity index (χ4n) is 2.31. The van der Waals surface area contributed by atoms with Gasteiger partial charge in [-0.05, 0) is 19.3 Å². The van der Waals surface area contributed by atoms with E-state index in [0.717, 1.165) is 25.7 Å². The van der Waals surface area contributed by atoms with Crippen molar-refractivity contribution in [2.75, 3.05) is 6.61 Å². The summed E-state index contributed by atoms with van der Waals surface area (Å²) in [6.45, 7) is 2.52. The van der Waals surface area contributed by atoms with Gasteiger partial charge in [-0.1, -0.05) is 71.1 Å². The van der Waals surface area contributed by atoms with Crippen LogP contribution in [0.25, 0.3) is 0 Å². The predicted molar refractivity (Wildman–Crippen MR) is 78.8 cm³/mol. The third-order valence-electron chi connectivity index (χ3n) is 3.59. The number of hydrogen-bond acceptors (Lipinski definition) is 2. The van der Waals surface area contributed by atoms with Gasteiger partial charge in [-0.3, -0.25) is 0 Å². The number of aliphatic hydroxyl groups excluding tert-OH is 2. The van der Waals surface area contributed by atoms with E-state index in [4.69, 9.17) is 5.11 Å². The van der Waals surface area contributed by atoms with E-state index in [2.05, 4.69) is 6.92 Å². The monoisotopic (exact) mass is 258 g/mol. The van der Waals surface area contributed by atoms with Crippen molar-refractivity contribution in [2.45, 2.75) is 96.5 Å². The standard InChI is InChI=1S/C16H34O2/c1-2-3-13-16(18)14-11-9-7-5-4-6-8-10-12-15-17/h16-18H,2-15H2,1H3/t16-/m0/s1. The SMILES string of the molecule is CCCC[C@H](O)CCCCCCCCCCCO. The predicted octanol–water partition coefficient (Wildman–Crippen LogP) is 4.43. The molecule has 0 aliphatic rings. The molecule has 0 unspecified atom stereocenters. The van der Waals surface area contributed by atoms with Crippen molar-refractivity contribution in [3.8, 4) is 0 Å². The average Bonchev–Trinajstić information content (AvgIpc) is 2.38. The third kappa shape index (κ3) is 14.0. The Kier molecular flexibility index (Phi) is 14.9. The first-order chi connectivity index (χ1) is 8.81. The van der Waals surface area contributed by atoms with Crippen LogP contribution in [-0.4, -0.2) is 22.9 Å². The molecule has 0 aliphatic heterocycles. The minimum absolute atomic E-state index is 0.0524. The van der Waals surface area contributed by atoms with Crippen LogP contribution < -0.4 is 0 Å². The van der Waals surface area contributed by atoms with E-state index in [1.807, 2.05) is 0 Å². The van der Waals surface area contributed by atoms with Gasteiger partial charge >= 0.3 is 0 Å². The van der Waals surface area contributed by atoms with Crippen molar-refractivity contribution in [3.63, 3.8) is 0 Å². The molecule has 0 aromatic rings. The molecule has 2 heteroatoms. The second-order valence-electron chi connectivity index (χ2n) is 5.49. The van der Waals surface area contributed by atoms with Gasteiger partial charge in [0.2, 0.25) is 0 Å². The Morgan fingerprint density at radius 3 is 1.61 bits per heavy atom. The molecule has 0 spiro atoms. The quantitative estimate of drug-likeness (QED) is 0.452. The van der Waals surface area contributed by atoms with E-state index in [1.165, 1.54) is 57.8 Å². The van der Waals surface area contributed by atoms with Crippen molar-refractivity contribution in [1.29, 1.82) is 0 Å². The Morgan fingerprint density at radius 2 is 1.11 bits per heavy atom. The number of rotatable bonds is 14. The molecule has 0 aliphatic carbocycles. The van der Waals surface area contributed by atoms with Crippen LogP contribution in [0.5, 0.6) is 0 Å². The molecule has 0 heterocycles. The van der Waals surface area contributed by atoms with Crippen molar-refractivity contribution < 1.29 is 10.2 Å². The lowest BCUT2D eigenvalue weighted by molar-refractivity contribution is 0.148. The molecule has 0 radical (unpaired) electrons. The maximum Gasteiger partial charge on any atom is 0.0540 e. The maximum absolute atomic E-state index is 9.68. The highest BCUT2D eigenvalue weighted by Crippen LogP contribution is 2.13. The summed E-state index contributed by atoms with van der Waals surface area (Å²) in [4.78, 5) is 0. The zero-order valence-corrected chi connectivity index (χ0v) is 12.4. The summed E-state index contributed by atoms with van der Waals surface area (Å²) in [6.07, 6.45) is 15.5. The van der Waals surface area contributed by atoms with Crippen LogP contribution in [-0.2, 0) is 0 Å². The van der Waals surface area contributed by atoms with E-state index in [1.54, 1.807) is 0 Å². The highest BCUT2D eigenvalue weighted by atomic mass is 16.3. The minimum Gasteiger partial charge on any atom is -0.396 e. The molecule has 0 aromatic carbocycles. The summed E-state index contributed by atoms with van der Waals surface area (Å²) in [5.41, 5.74) is 0. The molecule has 110 valence electrons. The lowest BCUT2D eigenvalue weighted by Crippen LogP contribution is -2.05. The van der Waals surface area contributed by atoms with E-state index >= 15 is 0 Å². The van der Waals surface area contributed by atoms with Crippen LogP contribution in [0.1, 0.15) is 90.4 Å². The highest BCUT2D eigenvalue weighted by molar-refractivity contribution is 4.56. The lowest BCUT2D eigenvalue weighted by Gasteiger charge is -2.09. The Hall–Kier alpha value is -0.0800. The van der Waals surface area contributed by atoms with Gasteiger partial charge in [-0.15, -0.1) is 0 Å². The Balaban J connectivity index is 3.02. The Morgan fingerprint density at radius 1 is 0.667 bits per heavy atom. The normalized spacial score (nSPS) is 12.8.